The Kier molecular flexibility index (Phi) is 5.92. The average Bonchev–Trinajstić information content (AvgIpc) is 2.03. The fourth-order valence-corrected chi connectivity index (χ4v) is 1.88. The summed E-state index contributed by atoms with van der Waals surface area (Å²) in [7, 11) is 0. The van der Waals surface area contributed by atoms with Crippen LogP contribution in [-0.2, 0) is 0 Å². The number of rotatable bonds is 2. The summed E-state index contributed by atoms with van der Waals surface area (Å²) in [5, 5.41) is 9.45. The molecular formula is C8H10BrCl2NO. The Morgan fingerprint density at radius 1 is 1.54 bits per heavy atom. The van der Waals surface area contributed by atoms with Gasteiger partial charge in [-0.1, -0.05) is 33.6 Å². The van der Waals surface area contributed by atoms with Crippen LogP contribution in [0, 0.1) is 0 Å². The van der Waals surface area contributed by atoms with Gasteiger partial charge in [-0.15, -0.1) is 12.4 Å². The van der Waals surface area contributed by atoms with Crippen molar-refractivity contribution in [3.05, 3.63) is 33.3 Å². The van der Waals surface area contributed by atoms with Crippen molar-refractivity contribution in [3.63, 3.8) is 0 Å². The maximum absolute atomic E-state index is 8.80. The van der Waals surface area contributed by atoms with Crippen LogP contribution < -0.4 is 5.73 Å². The van der Waals surface area contributed by atoms with E-state index in [0.717, 1.165) is 10.0 Å². The third kappa shape index (κ3) is 3.44. The molecule has 0 heterocycles. The third-order valence-electron chi connectivity index (χ3n) is 1.56. The fraction of sp³-hybridized carbons (Fsp3) is 0.250. The minimum atomic E-state index is -0.350. The first-order valence-corrected chi connectivity index (χ1v) is 4.63. The van der Waals surface area contributed by atoms with Gasteiger partial charge in [0.25, 0.3) is 0 Å². The van der Waals surface area contributed by atoms with E-state index in [0.29, 0.717) is 5.02 Å². The van der Waals surface area contributed by atoms with E-state index in [9.17, 15) is 0 Å². The van der Waals surface area contributed by atoms with Crippen LogP contribution in [-0.4, -0.2) is 11.7 Å². The predicted octanol–water partition coefficient (Wildman–Crippen LogP) is 2.52. The molecule has 3 N–H and O–H groups in total. The number of nitrogens with two attached hydrogens (primary N) is 1. The van der Waals surface area contributed by atoms with Crippen molar-refractivity contribution in [2.75, 3.05) is 6.61 Å². The van der Waals surface area contributed by atoms with Crippen molar-refractivity contribution < 1.29 is 5.11 Å². The van der Waals surface area contributed by atoms with Gasteiger partial charge < -0.3 is 10.8 Å². The summed E-state index contributed by atoms with van der Waals surface area (Å²) >= 11 is 9.04. The molecule has 74 valence electrons. The highest BCUT2D eigenvalue weighted by Gasteiger charge is 2.08. The Morgan fingerprint density at radius 2 is 2.15 bits per heavy atom. The van der Waals surface area contributed by atoms with Gasteiger partial charge in [-0.3, -0.25) is 0 Å². The van der Waals surface area contributed by atoms with Crippen LogP contribution in [0.3, 0.4) is 0 Å². The van der Waals surface area contributed by atoms with Gasteiger partial charge in [-0.25, -0.2) is 0 Å². The van der Waals surface area contributed by atoms with Crippen LogP contribution in [0.25, 0.3) is 0 Å². The van der Waals surface area contributed by atoms with Crippen LogP contribution in [0.4, 0.5) is 0 Å². The summed E-state index contributed by atoms with van der Waals surface area (Å²) < 4.78 is 0.830. The molecule has 0 aliphatic heterocycles. The molecule has 0 aromatic heterocycles. The molecule has 0 bridgehead atoms. The highest BCUT2D eigenvalue weighted by atomic mass is 79.9. The molecule has 0 amide bonds. The van der Waals surface area contributed by atoms with Crippen molar-refractivity contribution in [2.45, 2.75) is 6.04 Å². The van der Waals surface area contributed by atoms with E-state index in [4.69, 9.17) is 22.4 Å². The van der Waals surface area contributed by atoms with Gasteiger partial charge in [-0.2, -0.15) is 0 Å². The standard InChI is InChI=1S/C8H9BrClNO.ClH/c9-7-3-5(10)1-2-6(7)8(11)4-12;/h1-3,8,12H,4,11H2;1H/t8-;/m0./s1. The first kappa shape index (κ1) is 13.2. The first-order valence-electron chi connectivity index (χ1n) is 3.46. The van der Waals surface area contributed by atoms with Gasteiger partial charge in [-0.05, 0) is 17.7 Å². The summed E-state index contributed by atoms with van der Waals surface area (Å²) in [4.78, 5) is 0. The van der Waals surface area contributed by atoms with Crippen molar-refractivity contribution in [3.8, 4) is 0 Å². The van der Waals surface area contributed by atoms with Gasteiger partial charge in [0, 0.05) is 9.50 Å². The van der Waals surface area contributed by atoms with Crippen molar-refractivity contribution in [2.24, 2.45) is 5.73 Å². The Morgan fingerprint density at radius 3 is 2.62 bits per heavy atom. The Hall–Kier alpha value is 0.200. The summed E-state index contributed by atoms with van der Waals surface area (Å²) in [6, 6.07) is 4.95. The van der Waals surface area contributed by atoms with Crippen LogP contribution in [0.5, 0.6) is 0 Å². The van der Waals surface area contributed by atoms with Crippen molar-refractivity contribution in [1.29, 1.82) is 0 Å². The second kappa shape index (κ2) is 5.83. The molecule has 1 aromatic rings. The highest BCUT2D eigenvalue weighted by Crippen LogP contribution is 2.25. The zero-order valence-electron chi connectivity index (χ0n) is 6.71. The molecule has 2 nitrogen and oxygen atoms in total. The summed E-state index contributed by atoms with van der Waals surface area (Å²) in [5.74, 6) is 0. The van der Waals surface area contributed by atoms with E-state index in [2.05, 4.69) is 15.9 Å². The zero-order valence-corrected chi connectivity index (χ0v) is 9.86. The van der Waals surface area contributed by atoms with Gasteiger partial charge in [0.15, 0.2) is 0 Å². The molecule has 1 atom stereocenters. The minimum absolute atomic E-state index is 0. The molecule has 0 saturated heterocycles. The molecule has 1 aromatic carbocycles. The topological polar surface area (TPSA) is 46.2 Å². The van der Waals surface area contributed by atoms with Crippen molar-refractivity contribution in [1.82, 2.24) is 0 Å². The molecule has 0 aliphatic carbocycles. The monoisotopic (exact) mass is 285 g/mol. The summed E-state index contributed by atoms with van der Waals surface area (Å²) in [6.45, 7) is -0.0692. The molecular weight excluding hydrogens is 277 g/mol. The molecule has 0 radical (unpaired) electrons. The average molecular weight is 287 g/mol. The van der Waals surface area contributed by atoms with Crippen LogP contribution in [0.1, 0.15) is 11.6 Å². The normalized spacial score (nSPS) is 12.0. The first-order chi connectivity index (χ1) is 5.65. The van der Waals surface area contributed by atoms with Crippen molar-refractivity contribution >= 4 is 39.9 Å². The van der Waals surface area contributed by atoms with Crippen LogP contribution in [0.2, 0.25) is 5.02 Å². The second-order valence-corrected chi connectivity index (χ2v) is 3.75. The molecule has 13 heavy (non-hydrogen) atoms. The van der Waals surface area contributed by atoms with E-state index in [-0.39, 0.29) is 25.1 Å². The smallest absolute Gasteiger partial charge is 0.0624 e. The predicted molar refractivity (Wildman–Crippen MR) is 60.4 cm³/mol. The lowest BCUT2D eigenvalue weighted by Gasteiger charge is -2.10. The van der Waals surface area contributed by atoms with Gasteiger partial charge >= 0.3 is 0 Å². The van der Waals surface area contributed by atoms with E-state index in [1.165, 1.54) is 0 Å². The summed E-state index contributed by atoms with van der Waals surface area (Å²) in [5.41, 5.74) is 6.48. The largest absolute Gasteiger partial charge is 0.394 e. The number of hydrogen-bond acceptors (Lipinski definition) is 2. The molecule has 0 aliphatic rings. The SMILES string of the molecule is Cl.N[C@@H](CO)c1ccc(Cl)cc1Br. The highest BCUT2D eigenvalue weighted by molar-refractivity contribution is 9.10. The van der Waals surface area contributed by atoms with E-state index in [1.807, 2.05) is 0 Å². The molecule has 0 spiro atoms. The lowest BCUT2D eigenvalue weighted by Crippen LogP contribution is -2.14. The van der Waals surface area contributed by atoms with Gasteiger partial charge in [0.05, 0.1) is 12.6 Å². The van der Waals surface area contributed by atoms with E-state index in [1.54, 1.807) is 18.2 Å². The van der Waals surface area contributed by atoms with Gasteiger partial charge in [0.1, 0.15) is 0 Å². The maximum atomic E-state index is 8.80. The maximum Gasteiger partial charge on any atom is 0.0624 e. The molecule has 0 fully saturated rings. The lowest BCUT2D eigenvalue weighted by molar-refractivity contribution is 0.267. The quantitative estimate of drug-likeness (QED) is 0.878. The molecule has 0 saturated carbocycles. The number of benzene rings is 1. The molecule has 5 heteroatoms. The zero-order chi connectivity index (χ0) is 9.14. The van der Waals surface area contributed by atoms with Gasteiger partial charge in [0.2, 0.25) is 0 Å². The van der Waals surface area contributed by atoms with E-state index >= 15 is 0 Å². The molecule has 0 unspecified atom stereocenters. The summed E-state index contributed by atoms with van der Waals surface area (Å²) in [6.07, 6.45) is 0. The van der Waals surface area contributed by atoms with E-state index < -0.39 is 0 Å². The number of aliphatic hydroxyl groups excluding tert-OH is 1. The molecule has 1 rings (SSSR count). The number of hydrogen-bond donors (Lipinski definition) is 2. The van der Waals surface area contributed by atoms with Crippen LogP contribution in [0.15, 0.2) is 22.7 Å². The number of aliphatic hydroxyl groups is 1. The van der Waals surface area contributed by atoms with Crippen LogP contribution >= 0.6 is 39.9 Å². The minimum Gasteiger partial charge on any atom is -0.394 e. The number of halogens is 3. The third-order valence-corrected chi connectivity index (χ3v) is 2.48. The Bertz CT molecular complexity index is 283. The fourth-order valence-electron chi connectivity index (χ4n) is 0.901. The Labute approximate surface area is 96.6 Å². The lowest BCUT2D eigenvalue weighted by atomic mass is 10.1. The second-order valence-electron chi connectivity index (χ2n) is 2.45. The Balaban J connectivity index is 0.00000144.